The van der Waals surface area contributed by atoms with E-state index >= 15 is 0 Å². The van der Waals surface area contributed by atoms with Gasteiger partial charge >= 0.3 is 12.0 Å². The number of benzene rings is 4. The maximum Gasteiger partial charge on any atom is 0.337 e. The lowest BCUT2D eigenvalue weighted by Crippen LogP contribution is -2.41. The number of carbonyl (C=O) groups excluding carboxylic acids is 2. The SMILES string of the molecule is O=C(Cc1ccc(Oc2ccc(OC3CCC(NC(=O)Nc4ccc(Cl)c(Cl)c4)CC3)cc2)cc1)Nc1ccccc1C(=O)O. The molecule has 11 heteroatoms. The van der Waals surface area contributed by atoms with Crippen LogP contribution in [0.1, 0.15) is 41.6 Å². The quantitative estimate of drug-likeness (QED) is 0.137. The Kier molecular flexibility index (Phi) is 10.4. The highest BCUT2D eigenvalue weighted by molar-refractivity contribution is 6.42. The fourth-order valence-corrected chi connectivity index (χ4v) is 5.30. The van der Waals surface area contributed by atoms with E-state index in [0.29, 0.717) is 27.2 Å². The summed E-state index contributed by atoms with van der Waals surface area (Å²) in [5.41, 5.74) is 1.63. The van der Waals surface area contributed by atoms with Crippen LogP contribution in [0.4, 0.5) is 16.2 Å². The molecule has 1 aliphatic rings. The van der Waals surface area contributed by atoms with Crippen LogP contribution in [0.5, 0.6) is 17.2 Å². The minimum atomic E-state index is -1.10. The zero-order valence-corrected chi connectivity index (χ0v) is 25.6. The van der Waals surface area contributed by atoms with Crippen molar-refractivity contribution in [1.29, 1.82) is 0 Å². The van der Waals surface area contributed by atoms with Crippen molar-refractivity contribution in [2.45, 2.75) is 44.2 Å². The number of aromatic carboxylic acids is 1. The van der Waals surface area contributed by atoms with Crippen molar-refractivity contribution in [3.05, 3.63) is 112 Å². The van der Waals surface area contributed by atoms with E-state index in [1.165, 1.54) is 6.07 Å². The van der Waals surface area contributed by atoms with Crippen molar-refractivity contribution in [1.82, 2.24) is 5.32 Å². The number of nitrogens with one attached hydrogen (secondary N) is 3. The van der Waals surface area contributed by atoms with Gasteiger partial charge in [-0.05, 0) is 98.0 Å². The lowest BCUT2D eigenvalue weighted by Gasteiger charge is -2.29. The number of hydrogen-bond donors (Lipinski definition) is 4. The lowest BCUT2D eigenvalue weighted by atomic mass is 9.93. The van der Waals surface area contributed by atoms with Crippen molar-refractivity contribution in [2.24, 2.45) is 0 Å². The summed E-state index contributed by atoms with van der Waals surface area (Å²) in [5, 5.41) is 18.6. The lowest BCUT2D eigenvalue weighted by molar-refractivity contribution is -0.115. The van der Waals surface area contributed by atoms with Crippen molar-refractivity contribution < 1.29 is 29.0 Å². The second-order valence-electron chi connectivity index (χ2n) is 10.6. The second-order valence-corrected chi connectivity index (χ2v) is 11.4. The average Bonchev–Trinajstić information content (AvgIpc) is 3.02. The number of rotatable bonds is 10. The van der Waals surface area contributed by atoms with Gasteiger partial charge in [0.2, 0.25) is 5.91 Å². The van der Waals surface area contributed by atoms with Gasteiger partial charge in [0.1, 0.15) is 17.2 Å². The molecule has 0 aromatic heterocycles. The first-order valence-electron chi connectivity index (χ1n) is 14.4. The predicted octanol–water partition coefficient (Wildman–Crippen LogP) is 8.18. The van der Waals surface area contributed by atoms with Crippen LogP contribution in [-0.2, 0) is 11.2 Å². The van der Waals surface area contributed by atoms with E-state index in [9.17, 15) is 19.5 Å². The van der Waals surface area contributed by atoms with Gasteiger partial charge in [0.05, 0.1) is 33.8 Å². The van der Waals surface area contributed by atoms with Crippen molar-refractivity contribution in [3.63, 3.8) is 0 Å². The predicted molar refractivity (Wildman–Crippen MR) is 174 cm³/mol. The van der Waals surface area contributed by atoms with E-state index in [4.69, 9.17) is 32.7 Å². The Labute approximate surface area is 270 Å². The summed E-state index contributed by atoms with van der Waals surface area (Å²) in [5.74, 6) is 0.565. The molecule has 0 spiro atoms. The maximum atomic E-state index is 12.5. The summed E-state index contributed by atoms with van der Waals surface area (Å²) in [6.07, 6.45) is 3.36. The number of carbonyl (C=O) groups is 3. The molecule has 1 saturated carbocycles. The van der Waals surface area contributed by atoms with E-state index in [1.54, 1.807) is 60.7 Å². The van der Waals surface area contributed by atoms with E-state index < -0.39 is 5.97 Å². The third-order valence-corrected chi connectivity index (χ3v) is 8.01. The van der Waals surface area contributed by atoms with Gasteiger partial charge in [-0.15, -0.1) is 0 Å². The number of carboxylic acid groups (broad SMARTS) is 1. The third-order valence-electron chi connectivity index (χ3n) is 7.27. The molecule has 0 radical (unpaired) electrons. The number of anilines is 2. The summed E-state index contributed by atoms with van der Waals surface area (Å²) in [6.45, 7) is 0. The molecule has 1 fully saturated rings. The average molecular weight is 649 g/mol. The number of para-hydroxylation sites is 1. The Hall–Kier alpha value is -4.73. The first-order valence-corrected chi connectivity index (χ1v) is 15.2. The smallest absolute Gasteiger partial charge is 0.337 e. The molecule has 4 aromatic rings. The second kappa shape index (κ2) is 14.8. The molecule has 0 unspecified atom stereocenters. The zero-order chi connectivity index (χ0) is 31.8. The van der Waals surface area contributed by atoms with Crippen LogP contribution < -0.4 is 25.4 Å². The van der Waals surface area contributed by atoms with E-state index in [-0.39, 0.29) is 41.8 Å². The molecule has 45 heavy (non-hydrogen) atoms. The van der Waals surface area contributed by atoms with E-state index in [2.05, 4.69) is 16.0 Å². The highest BCUT2D eigenvalue weighted by Gasteiger charge is 2.24. The van der Waals surface area contributed by atoms with Crippen molar-refractivity contribution >= 4 is 52.5 Å². The standard InChI is InChI=1S/C34H31Cl2N3O6/c35-29-18-9-23(20-30(29)36)38-34(43)37-22-7-12-25(13-8-22)45-27-16-14-26(15-17-27)44-24-10-5-21(6-11-24)19-32(40)39-31-4-2-1-3-28(31)33(41)42/h1-6,9-11,14-18,20,22,25H,7-8,12-13,19H2,(H,39,40)(H,41,42)(H2,37,38,43). The molecule has 0 heterocycles. The molecule has 4 aromatic carbocycles. The van der Waals surface area contributed by atoms with Gasteiger partial charge in [0.25, 0.3) is 0 Å². The number of urea groups is 1. The zero-order valence-electron chi connectivity index (χ0n) is 24.1. The normalized spacial score (nSPS) is 15.9. The van der Waals surface area contributed by atoms with Gasteiger partial charge in [0, 0.05) is 11.7 Å². The molecule has 4 N–H and O–H groups in total. The molecule has 0 saturated heterocycles. The van der Waals surface area contributed by atoms with Gasteiger partial charge in [-0.3, -0.25) is 4.79 Å². The highest BCUT2D eigenvalue weighted by Crippen LogP contribution is 2.28. The Morgan fingerprint density at radius 1 is 0.756 bits per heavy atom. The summed E-state index contributed by atoms with van der Waals surface area (Å²) < 4.78 is 12.1. The van der Waals surface area contributed by atoms with Gasteiger partial charge in [0.15, 0.2) is 0 Å². The van der Waals surface area contributed by atoms with Crippen LogP contribution in [-0.4, -0.2) is 35.2 Å². The van der Waals surface area contributed by atoms with Gasteiger partial charge in [-0.2, -0.15) is 0 Å². The Bertz CT molecular complexity index is 1660. The molecular weight excluding hydrogens is 617 g/mol. The molecular formula is C34H31Cl2N3O6. The minimum absolute atomic E-state index is 0.0369. The molecule has 0 aliphatic heterocycles. The summed E-state index contributed by atoms with van der Waals surface area (Å²) in [4.78, 5) is 36.2. The molecule has 0 bridgehead atoms. The summed E-state index contributed by atoms with van der Waals surface area (Å²) in [7, 11) is 0. The fraction of sp³-hybridized carbons (Fsp3) is 0.206. The van der Waals surface area contributed by atoms with Crippen LogP contribution in [0.25, 0.3) is 0 Å². The first-order chi connectivity index (χ1) is 21.7. The van der Waals surface area contributed by atoms with Crippen LogP contribution in [0.2, 0.25) is 10.0 Å². The number of hydrogen-bond acceptors (Lipinski definition) is 5. The molecule has 9 nitrogen and oxygen atoms in total. The fourth-order valence-electron chi connectivity index (χ4n) is 5.00. The Morgan fingerprint density at radius 2 is 1.40 bits per heavy atom. The van der Waals surface area contributed by atoms with Crippen LogP contribution in [0, 0.1) is 0 Å². The number of ether oxygens (including phenoxy) is 2. The molecule has 5 rings (SSSR count). The van der Waals surface area contributed by atoms with Crippen LogP contribution >= 0.6 is 23.2 Å². The highest BCUT2D eigenvalue weighted by atomic mass is 35.5. The number of halogens is 2. The summed E-state index contributed by atoms with van der Waals surface area (Å²) >= 11 is 11.9. The minimum Gasteiger partial charge on any atom is -0.490 e. The molecule has 3 amide bonds. The summed E-state index contributed by atoms with van der Waals surface area (Å²) in [6, 6.07) is 25.5. The van der Waals surface area contributed by atoms with Crippen LogP contribution in [0.15, 0.2) is 91.0 Å². The van der Waals surface area contributed by atoms with Crippen LogP contribution in [0.3, 0.4) is 0 Å². The van der Waals surface area contributed by atoms with Gasteiger partial charge in [-0.25, -0.2) is 9.59 Å². The van der Waals surface area contributed by atoms with Crippen molar-refractivity contribution in [3.8, 4) is 17.2 Å². The first kappa shape index (κ1) is 31.7. The number of carboxylic acids is 1. The molecule has 1 aliphatic carbocycles. The van der Waals surface area contributed by atoms with Gasteiger partial charge in [-0.1, -0.05) is 47.5 Å². The van der Waals surface area contributed by atoms with E-state index in [1.807, 2.05) is 24.3 Å². The Balaban J connectivity index is 1.04. The Morgan fingerprint density at radius 3 is 2.07 bits per heavy atom. The largest absolute Gasteiger partial charge is 0.490 e. The third kappa shape index (κ3) is 9.14. The van der Waals surface area contributed by atoms with Crippen molar-refractivity contribution in [2.75, 3.05) is 10.6 Å². The monoisotopic (exact) mass is 647 g/mol. The topological polar surface area (TPSA) is 126 Å². The van der Waals surface area contributed by atoms with E-state index in [0.717, 1.165) is 37.0 Å². The number of amides is 3. The molecule has 0 atom stereocenters. The maximum absolute atomic E-state index is 12.5. The van der Waals surface area contributed by atoms with Gasteiger partial charge < -0.3 is 30.5 Å². The molecule has 232 valence electrons.